The fourth-order valence-corrected chi connectivity index (χ4v) is 2.23. The molecule has 0 amide bonds. The zero-order valence-corrected chi connectivity index (χ0v) is 14.8. The Kier molecular flexibility index (Phi) is 6.51. The van der Waals surface area contributed by atoms with Crippen molar-refractivity contribution in [2.45, 2.75) is 13.3 Å². The fourth-order valence-electron chi connectivity index (χ4n) is 2.23. The molecule has 6 nitrogen and oxygen atoms in total. The smallest absolute Gasteiger partial charge is 0.339 e. The molecule has 1 heterocycles. The molecule has 6 heteroatoms. The van der Waals surface area contributed by atoms with Crippen molar-refractivity contribution in [3.05, 3.63) is 46.0 Å². The molecule has 0 N–H and O–H groups in total. The molecule has 0 aliphatic rings. The Balaban J connectivity index is 2.32. The van der Waals surface area contributed by atoms with Crippen molar-refractivity contribution in [3.63, 3.8) is 0 Å². The minimum absolute atomic E-state index is 0.396. The van der Waals surface area contributed by atoms with Gasteiger partial charge >= 0.3 is 5.63 Å². The zero-order chi connectivity index (χ0) is 18.2. The van der Waals surface area contributed by atoms with Crippen LogP contribution in [-0.4, -0.2) is 27.9 Å². The second kappa shape index (κ2) is 8.82. The number of hydrogen-bond donors (Lipinski definition) is 0. The Morgan fingerprint density at radius 2 is 1.64 bits per heavy atom. The van der Waals surface area contributed by atoms with Crippen LogP contribution in [0, 0.1) is 0 Å². The van der Waals surface area contributed by atoms with Gasteiger partial charge < -0.3 is 23.4 Å². The molecular weight excluding hydrogens is 324 g/mol. The highest BCUT2D eigenvalue weighted by atomic mass is 16.5. The summed E-state index contributed by atoms with van der Waals surface area (Å²) in [5, 5.41) is 0. The molecule has 0 atom stereocenters. The molecule has 0 bridgehead atoms. The van der Waals surface area contributed by atoms with Crippen molar-refractivity contribution >= 4 is 12.2 Å². The van der Waals surface area contributed by atoms with Crippen LogP contribution < -0.4 is 24.6 Å². The van der Waals surface area contributed by atoms with Gasteiger partial charge in [0.15, 0.2) is 11.5 Å². The van der Waals surface area contributed by atoms with E-state index in [1.165, 1.54) is 6.07 Å². The molecule has 0 saturated heterocycles. The number of rotatable bonds is 8. The summed E-state index contributed by atoms with van der Waals surface area (Å²) in [4.78, 5) is 11.6. The highest BCUT2D eigenvalue weighted by molar-refractivity contribution is 5.71. The second-order valence-electron chi connectivity index (χ2n) is 5.15. The largest absolute Gasteiger partial charge is 0.493 e. The minimum Gasteiger partial charge on any atom is -0.493 e. The topological polar surface area (TPSA) is 67.1 Å². The normalized spacial score (nSPS) is 10.7. The molecule has 1 aromatic heterocycles. The van der Waals surface area contributed by atoms with Crippen LogP contribution in [-0.2, 0) is 0 Å². The van der Waals surface area contributed by atoms with Gasteiger partial charge in [0.2, 0.25) is 5.75 Å². The Hall–Kier alpha value is -2.89. The summed E-state index contributed by atoms with van der Waals surface area (Å²) in [6.45, 7) is 2.54. The molecule has 0 saturated carbocycles. The molecule has 25 heavy (non-hydrogen) atoms. The molecule has 1 aromatic carbocycles. The van der Waals surface area contributed by atoms with Gasteiger partial charge in [-0.2, -0.15) is 0 Å². The first-order chi connectivity index (χ1) is 12.1. The van der Waals surface area contributed by atoms with Crippen molar-refractivity contribution < 1.29 is 23.4 Å². The third-order valence-electron chi connectivity index (χ3n) is 3.36. The van der Waals surface area contributed by atoms with Gasteiger partial charge in [0.05, 0.1) is 34.0 Å². The van der Waals surface area contributed by atoms with Crippen molar-refractivity contribution in [2.75, 3.05) is 27.9 Å². The molecule has 134 valence electrons. The maximum Gasteiger partial charge on any atom is 0.339 e. The van der Waals surface area contributed by atoms with Gasteiger partial charge in [0.25, 0.3) is 0 Å². The van der Waals surface area contributed by atoms with Crippen molar-refractivity contribution in [1.82, 2.24) is 0 Å². The van der Waals surface area contributed by atoms with Gasteiger partial charge in [-0.25, -0.2) is 4.79 Å². The lowest BCUT2D eigenvalue weighted by Gasteiger charge is -2.12. The van der Waals surface area contributed by atoms with Gasteiger partial charge in [-0.15, -0.1) is 0 Å². The van der Waals surface area contributed by atoms with E-state index in [9.17, 15) is 4.79 Å². The zero-order valence-electron chi connectivity index (χ0n) is 14.8. The van der Waals surface area contributed by atoms with Crippen molar-refractivity contribution in [2.24, 2.45) is 0 Å². The molecule has 2 aromatic rings. The number of benzene rings is 1. The molecular formula is C19H22O6. The van der Waals surface area contributed by atoms with Gasteiger partial charge in [-0.3, -0.25) is 0 Å². The Bertz CT molecular complexity index is 766. The summed E-state index contributed by atoms with van der Waals surface area (Å²) in [5.41, 5.74) is 0.343. The van der Waals surface area contributed by atoms with Crippen molar-refractivity contribution in [3.8, 4) is 23.0 Å². The molecule has 0 aliphatic carbocycles. The summed E-state index contributed by atoms with van der Waals surface area (Å²) < 4.78 is 26.6. The average molecular weight is 346 g/mol. The van der Waals surface area contributed by atoms with Gasteiger partial charge in [0, 0.05) is 6.07 Å². The molecule has 2 rings (SSSR count). The summed E-state index contributed by atoms with van der Waals surface area (Å²) in [6, 6.07) is 6.60. The van der Waals surface area contributed by atoms with Crippen LogP contribution in [0.25, 0.3) is 12.2 Å². The lowest BCUT2D eigenvalue weighted by molar-refractivity contribution is 0.312. The van der Waals surface area contributed by atoms with Crippen LogP contribution in [0.1, 0.15) is 24.7 Å². The molecule has 0 aliphatic heterocycles. The first kappa shape index (κ1) is 18.4. The SMILES string of the molecule is CCCOc1cc(C=Cc2cc(OC)c(OC)c(OC)c2)oc(=O)c1. The Labute approximate surface area is 146 Å². The molecule has 0 unspecified atom stereocenters. The first-order valence-electron chi connectivity index (χ1n) is 7.87. The van der Waals surface area contributed by atoms with Gasteiger partial charge in [0.1, 0.15) is 11.5 Å². The average Bonchev–Trinajstić information content (AvgIpc) is 2.63. The Morgan fingerprint density at radius 1 is 0.960 bits per heavy atom. The lowest BCUT2D eigenvalue weighted by atomic mass is 10.1. The van der Waals surface area contributed by atoms with E-state index in [-0.39, 0.29) is 0 Å². The van der Waals surface area contributed by atoms with Gasteiger partial charge in [-0.05, 0) is 30.2 Å². The predicted molar refractivity (Wildman–Crippen MR) is 95.8 cm³/mol. The van der Waals surface area contributed by atoms with E-state index in [0.29, 0.717) is 35.4 Å². The van der Waals surface area contributed by atoms with E-state index < -0.39 is 5.63 Å². The van der Waals surface area contributed by atoms with Crippen LogP contribution >= 0.6 is 0 Å². The van der Waals surface area contributed by atoms with Crippen LogP contribution in [0.4, 0.5) is 0 Å². The van der Waals surface area contributed by atoms with E-state index in [2.05, 4.69) is 0 Å². The van der Waals surface area contributed by atoms with E-state index in [1.54, 1.807) is 51.7 Å². The van der Waals surface area contributed by atoms with Gasteiger partial charge in [-0.1, -0.05) is 13.0 Å². The summed E-state index contributed by atoms with van der Waals surface area (Å²) in [5.74, 6) is 2.49. The predicted octanol–water partition coefficient (Wildman–Crippen LogP) is 3.62. The van der Waals surface area contributed by atoms with E-state index in [0.717, 1.165) is 12.0 Å². The summed E-state index contributed by atoms with van der Waals surface area (Å²) >= 11 is 0. The number of methoxy groups -OCH3 is 3. The van der Waals surface area contributed by atoms with Crippen LogP contribution in [0.15, 0.2) is 33.5 Å². The fraction of sp³-hybridized carbons (Fsp3) is 0.316. The third kappa shape index (κ3) is 4.79. The summed E-state index contributed by atoms with van der Waals surface area (Å²) in [7, 11) is 4.66. The third-order valence-corrected chi connectivity index (χ3v) is 3.36. The number of hydrogen-bond acceptors (Lipinski definition) is 6. The second-order valence-corrected chi connectivity index (χ2v) is 5.15. The van der Waals surface area contributed by atoms with Crippen molar-refractivity contribution in [1.29, 1.82) is 0 Å². The van der Waals surface area contributed by atoms with Crippen LogP contribution in [0.5, 0.6) is 23.0 Å². The Morgan fingerprint density at radius 3 is 2.20 bits per heavy atom. The maximum absolute atomic E-state index is 11.6. The minimum atomic E-state index is -0.460. The van der Waals surface area contributed by atoms with E-state index >= 15 is 0 Å². The van der Waals surface area contributed by atoms with E-state index in [1.807, 2.05) is 6.92 Å². The lowest BCUT2D eigenvalue weighted by Crippen LogP contribution is -2.02. The monoisotopic (exact) mass is 346 g/mol. The highest BCUT2D eigenvalue weighted by Crippen LogP contribution is 2.38. The molecule has 0 radical (unpaired) electrons. The number of ether oxygens (including phenoxy) is 4. The standard InChI is InChI=1S/C19H22O6/c1-5-8-24-15-11-14(25-18(20)12-15)7-6-13-9-16(21-2)19(23-4)17(10-13)22-3/h6-7,9-12H,5,8H2,1-4H3. The molecule has 0 fully saturated rings. The van der Waals surface area contributed by atoms with E-state index in [4.69, 9.17) is 23.4 Å². The summed E-state index contributed by atoms with van der Waals surface area (Å²) in [6.07, 6.45) is 4.32. The maximum atomic E-state index is 11.6. The van der Waals surface area contributed by atoms with Crippen LogP contribution in [0.2, 0.25) is 0 Å². The molecule has 0 spiro atoms. The van der Waals surface area contributed by atoms with Crippen LogP contribution in [0.3, 0.4) is 0 Å². The first-order valence-corrected chi connectivity index (χ1v) is 7.87. The highest BCUT2D eigenvalue weighted by Gasteiger charge is 2.12. The quantitative estimate of drug-likeness (QED) is 0.727.